The van der Waals surface area contributed by atoms with Crippen molar-refractivity contribution in [2.75, 3.05) is 6.61 Å². The Morgan fingerprint density at radius 2 is 0.788 bits per heavy atom. The van der Waals surface area contributed by atoms with Crippen LogP contribution in [0.3, 0.4) is 0 Å². The van der Waals surface area contributed by atoms with Crippen LogP contribution < -0.4 is 0 Å². The Kier molecular flexibility index (Phi) is 11.4. The standard InChI is InChI=1S/C41H32O11/c42-36(27-16-6-1-7-17-27)47-26-32(48-37(43)28-18-8-2-9-19-28)33-34(49-38(44)29-20-10-3-11-21-29)35(50-39(45)30-22-12-4-13-23-30)41(51-33)52-40(46)31-24-14-5-15-25-31/h1-25,32-35,41H,26H2/t32-,33+,34+,35+,41-/m1/s1. The predicted octanol–water partition coefficient (Wildman–Crippen LogP) is 6.10. The highest BCUT2D eigenvalue weighted by atomic mass is 16.8. The predicted molar refractivity (Wildman–Crippen MR) is 184 cm³/mol. The maximum atomic E-state index is 13.6. The summed E-state index contributed by atoms with van der Waals surface area (Å²) < 4.78 is 35.3. The minimum Gasteiger partial charge on any atom is -0.458 e. The van der Waals surface area contributed by atoms with Gasteiger partial charge in [-0.2, -0.15) is 0 Å². The van der Waals surface area contributed by atoms with E-state index in [4.69, 9.17) is 28.4 Å². The Hall–Kier alpha value is -6.59. The van der Waals surface area contributed by atoms with E-state index in [0.29, 0.717) is 0 Å². The van der Waals surface area contributed by atoms with Gasteiger partial charge in [-0.05, 0) is 60.7 Å². The van der Waals surface area contributed by atoms with Gasteiger partial charge >= 0.3 is 29.8 Å². The molecule has 11 nitrogen and oxygen atoms in total. The molecule has 1 saturated heterocycles. The Morgan fingerprint density at radius 1 is 0.442 bits per heavy atom. The van der Waals surface area contributed by atoms with Gasteiger partial charge in [0.05, 0.1) is 27.8 Å². The molecule has 0 spiro atoms. The number of carbonyl (C=O) groups excluding carboxylic acids is 5. The summed E-state index contributed by atoms with van der Waals surface area (Å²) in [5, 5.41) is 0. The van der Waals surface area contributed by atoms with E-state index in [9.17, 15) is 24.0 Å². The minimum absolute atomic E-state index is 0.146. The number of rotatable bonds is 12. The summed E-state index contributed by atoms with van der Waals surface area (Å²) in [6.07, 6.45) is -7.79. The summed E-state index contributed by atoms with van der Waals surface area (Å²) >= 11 is 0. The van der Waals surface area contributed by atoms with Crippen LogP contribution in [-0.2, 0) is 28.4 Å². The molecule has 262 valence electrons. The summed E-state index contributed by atoms with van der Waals surface area (Å²) in [5.41, 5.74) is 0.837. The lowest BCUT2D eigenvalue weighted by Gasteiger charge is -2.28. The number of esters is 5. The van der Waals surface area contributed by atoms with Crippen LogP contribution in [0.25, 0.3) is 0 Å². The van der Waals surface area contributed by atoms with Gasteiger partial charge in [0, 0.05) is 0 Å². The number of hydrogen-bond acceptors (Lipinski definition) is 11. The molecule has 1 aliphatic rings. The molecule has 0 N–H and O–H groups in total. The topological polar surface area (TPSA) is 141 Å². The van der Waals surface area contributed by atoms with Gasteiger partial charge in [-0.15, -0.1) is 0 Å². The fourth-order valence-electron chi connectivity index (χ4n) is 5.37. The smallest absolute Gasteiger partial charge is 0.340 e. The summed E-state index contributed by atoms with van der Waals surface area (Å²) in [5.74, 6) is -4.08. The first-order chi connectivity index (χ1) is 25.4. The lowest BCUT2D eigenvalue weighted by Crippen LogP contribution is -2.47. The Balaban J connectivity index is 1.38. The van der Waals surface area contributed by atoms with Crippen molar-refractivity contribution in [1.29, 1.82) is 0 Å². The highest BCUT2D eigenvalue weighted by Crippen LogP contribution is 2.33. The fourth-order valence-corrected chi connectivity index (χ4v) is 5.37. The van der Waals surface area contributed by atoms with Crippen LogP contribution >= 0.6 is 0 Å². The molecule has 0 aromatic heterocycles. The van der Waals surface area contributed by atoms with Crippen LogP contribution in [0.5, 0.6) is 0 Å². The van der Waals surface area contributed by atoms with Crippen molar-refractivity contribution in [2.24, 2.45) is 0 Å². The summed E-state index contributed by atoms with van der Waals surface area (Å²) in [6, 6.07) is 40.1. The maximum absolute atomic E-state index is 13.6. The van der Waals surface area contributed by atoms with Crippen LogP contribution in [-0.4, -0.2) is 67.2 Å². The Labute approximate surface area is 298 Å². The quantitative estimate of drug-likeness (QED) is 0.110. The van der Waals surface area contributed by atoms with Crippen molar-refractivity contribution >= 4 is 29.8 Å². The molecule has 5 aromatic carbocycles. The molecule has 52 heavy (non-hydrogen) atoms. The minimum atomic E-state index is -1.68. The first-order valence-corrected chi connectivity index (χ1v) is 16.3. The van der Waals surface area contributed by atoms with E-state index < -0.39 is 67.2 Å². The second-order valence-corrected chi connectivity index (χ2v) is 11.5. The second kappa shape index (κ2) is 16.9. The van der Waals surface area contributed by atoms with Crippen molar-refractivity contribution in [3.05, 3.63) is 179 Å². The fraction of sp³-hybridized carbons (Fsp3) is 0.146. The average molecular weight is 701 g/mol. The normalized spacial score (nSPS) is 18.3. The van der Waals surface area contributed by atoms with Gasteiger partial charge in [0.1, 0.15) is 12.7 Å². The summed E-state index contributed by atoms with van der Waals surface area (Å²) in [4.78, 5) is 67.0. The summed E-state index contributed by atoms with van der Waals surface area (Å²) in [6.45, 7) is -0.588. The van der Waals surface area contributed by atoms with Crippen LogP contribution in [0.4, 0.5) is 0 Å². The van der Waals surface area contributed by atoms with Gasteiger partial charge in [-0.3, -0.25) is 0 Å². The van der Waals surface area contributed by atoms with Crippen LogP contribution in [0.15, 0.2) is 152 Å². The molecule has 0 unspecified atom stereocenters. The molecule has 6 rings (SSSR count). The molecule has 0 saturated carbocycles. The lowest BCUT2D eigenvalue weighted by atomic mass is 10.0. The first kappa shape index (κ1) is 35.2. The highest BCUT2D eigenvalue weighted by Gasteiger charge is 2.56. The molecular formula is C41H32O11. The van der Waals surface area contributed by atoms with Gasteiger partial charge in [0.25, 0.3) is 0 Å². The molecule has 0 amide bonds. The van der Waals surface area contributed by atoms with Crippen LogP contribution in [0, 0.1) is 0 Å². The molecule has 0 aliphatic carbocycles. The molecule has 1 fully saturated rings. The van der Waals surface area contributed by atoms with Gasteiger partial charge in [0.2, 0.25) is 12.4 Å². The van der Waals surface area contributed by atoms with E-state index in [2.05, 4.69) is 0 Å². The molecule has 0 radical (unpaired) electrons. The van der Waals surface area contributed by atoms with Crippen LogP contribution in [0.1, 0.15) is 51.8 Å². The third-order valence-corrected chi connectivity index (χ3v) is 7.97. The molecule has 5 atom stereocenters. The number of benzene rings is 5. The van der Waals surface area contributed by atoms with Crippen molar-refractivity contribution in [1.82, 2.24) is 0 Å². The van der Waals surface area contributed by atoms with E-state index in [-0.39, 0.29) is 27.8 Å². The monoisotopic (exact) mass is 700 g/mol. The van der Waals surface area contributed by atoms with E-state index in [1.807, 2.05) is 0 Å². The van der Waals surface area contributed by atoms with Gasteiger partial charge in [-0.25, -0.2) is 24.0 Å². The van der Waals surface area contributed by atoms with Gasteiger partial charge in [-0.1, -0.05) is 91.0 Å². The summed E-state index contributed by atoms with van der Waals surface area (Å²) in [7, 11) is 0. The molecule has 11 heteroatoms. The number of hydrogen-bond donors (Lipinski definition) is 0. The molecule has 0 bridgehead atoms. The third kappa shape index (κ3) is 8.76. The van der Waals surface area contributed by atoms with Crippen molar-refractivity contribution in [3.63, 3.8) is 0 Å². The number of carbonyl (C=O) groups is 5. The highest BCUT2D eigenvalue weighted by molar-refractivity contribution is 5.92. The second-order valence-electron chi connectivity index (χ2n) is 11.5. The zero-order chi connectivity index (χ0) is 36.3. The van der Waals surface area contributed by atoms with Crippen molar-refractivity contribution in [3.8, 4) is 0 Å². The first-order valence-electron chi connectivity index (χ1n) is 16.3. The van der Waals surface area contributed by atoms with Crippen molar-refractivity contribution in [2.45, 2.75) is 30.7 Å². The molecule has 5 aromatic rings. The van der Waals surface area contributed by atoms with E-state index in [1.54, 1.807) is 103 Å². The SMILES string of the molecule is O=C(OC[C@@H](OC(=O)c1ccccc1)[C@@H]1O[C@H](OC(=O)c2ccccc2)[C@@H](OC(=O)c2ccccc2)[C@H]1OC(=O)c1ccccc1)c1ccccc1. The van der Waals surface area contributed by atoms with E-state index >= 15 is 0 Å². The molecule has 1 aliphatic heterocycles. The van der Waals surface area contributed by atoms with E-state index in [1.165, 1.54) is 48.5 Å². The van der Waals surface area contributed by atoms with Crippen LogP contribution in [0.2, 0.25) is 0 Å². The third-order valence-electron chi connectivity index (χ3n) is 7.97. The number of ether oxygens (including phenoxy) is 6. The Morgan fingerprint density at radius 3 is 1.21 bits per heavy atom. The Bertz CT molecular complexity index is 1970. The maximum Gasteiger partial charge on any atom is 0.340 e. The zero-order valence-corrected chi connectivity index (χ0v) is 27.5. The lowest BCUT2D eigenvalue weighted by molar-refractivity contribution is -0.156. The largest absolute Gasteiger partial charge is 0.458 e. The van der Waals surface area contributed by atoms with Gasteiger partial charge < -0.3 is 28.4 Å². The average Bonchev–Trinajstić information content (AvgIpc) is 3.52. The van der Waals surface area contributed by atoms with E-state index in [0.717, 1.165) is 0 Å². The molecular weight excluding hydrogens is 668 g/mol. The molecule has 1 heterocycles. The zero-order valence-electron chi connectivity index (χ0n) is 27.5. The van der Waals surface area contributed by atoms with Gasteiger partial charge in [0.15, 0.2) is 12.2 Å². The van der Waals surface area contributed by atoms with Crippen molar-refractivity contribution < 1.29 is 52.4 Å².